The summed E-state index contributed by atoms with van der Waals surface area (Å²) in [5, 5.41) is 11.0. The van der Waals surface area contributed by atoms with Gasteiger partial charge in [0.15, 0.2) is 5.58 Å². The Labute approximate surface area is 107 Å². The Balaban J connectivity index is 2.26. The van der Waals surface area contributed by atoms with E-state index in [-0.39, 0.29) is 5.75 Å². The fraction of sp³-hybridized carbons (Fsp3) is 0. The first-order valence-corrected chi connectivity index (χ1v) is 5.70. The van der Waals surface area contributed by atoms with Gasteiger partial charge < -0.3 is 9.52 Å². The van der Waals surface area contributed by atoms with Crippen LogP contribution in [0.1, 0.15) is 0 Å². The number of aromatic hydroxyl groups is 1. The molecule has 0 atom stereocenters. The summed E-state index contributed by atoms with van der Waals surface area (Å²) in [5.41, 5.74) is 0.833. The van der Waals surface area contributed by atoms with E-state index in [0.717, 1.165) is 5.39 Å². The molecule has 3 rings (SSSR count). The topological polar surface area (TPSA) is 33.4 Å². The number of phenols is 1. The Morgan fingerprint density at radius 2 is 1.94 bits per heavy atom. The van der Waals surface area contributed by atoms with Crippen LogP contribution < -0.4 is 0 Å². The molecule has 1 aromatic heterocycles. The molecule has 0 saturated heterocycles. The third-order valence-electron chi connectivity index (χ3n) is 2.72. The molecule has 18 heavy (non-hydrogen) atoms. The molecule has 0 saturated carbocycles. The smallest absolute Gasteiger partial charge is 0.153 e. The molecule has 4 heteroatoms. The van der Waals surface area contributed by atoms with Crippen molar-refractivity contribution >= 4 is 22.6 Å². The van der Waals surface area contributed by atoms with Gasteiger partial charge in [-0.3, -0.25) is 0 Å². The minimum Gasteiger partial charge on any atom is -0.507 e. The van der Waals surface area contributed by atoms with Crippen molar-refractivity contribution in [2.24, 2.45) is 0 Å². The van der Waals surface area contributed by atoms with Crippen LogP contribution in [0, 0.1) is 5.82 Å². The molecule has 90 valence electrons. The fourth-order valence-corrected chi connectivity index (χ4v) is 2.09. The Morgan fingerprint density at radius 1 is 1.11 bits per heavy atom. The maximum atomic E-state index is 13.2. The van der Waals surface area contributed by atoms with Crippen molar-refractivity contribution in [2.45, 2.75) is 0 Å². The average molecular weight is 263 g/mol. The number of benzene rings is 2. The van der Waals surface area contributed by atoms with Crippen molar-refractivity contribution < 1.29 is 13.9 Å². The summed E-state index contributed by atoms with van der Waals surface area (Å²) in [5.74, 6) is -0.0870. The third-order valence-corrected chi connectivity index (χ3v) is 3.02. The zero-order valence-electron chi connectivity index (χ0n) is 9.15. The number of rotatable bonds is 1. The Morgan fingerprint density at radius 3 is 2.72 bits per heavy atom. The summed E-state index contributed by atoms with van der Waals surface area (Å²) in [6.07, 6.45) is 0. The highest BCUT2D eigenvalue weighted by Crippen LogP contribution is 2.36. The van der Waals surface area contributed by atoms with Gasteiger partial charge in [0.25, 0.3) is 0 Å². The molecule has 0 aliphatic carbocycles. The van der Waals surface area contributed by atoms with Gasteiger partial charge in [0, 0.05) is 5.39 Å². The lowest BCUT2D eigenvalue weighted by Crippen LogP contribution is -1.78. The summed E-state index contributed by atoms with van der Waals surface area (Å²) in [7, 11) is 0. The molecular formula is C14H8ClFO2. The first-order chi connectivity index (χ1) is 8.65. The first kappa shape index (κ1) is 11.1. The van der Waals surface area contributed by atoms with Crippen molar-refractivity contribution in [2.75, 3.05) is 0 Å². The first-order valence-electron chi connectivity index (χ1n) is 5.32. The maximum Gasteiger partial charge on any atom is 0.153 e. The van der Waals surface area contributed by atoms with Crippen molar-refractivity contribution in [3.8, 4) is 17.1 Å². The molecule has 3 aromatic rings. The van der Waals surface area contributed by atoms with Gasteiger partial charge in [-0.05, 0) is 30.3 Å². The largest absolute Gasteiger partial charge is 0.507 e. The number of hydrogen-bond acceptors (Lipinski definition) is 2. The summed E-state index contributed by atoms with van der Waals surface area (Å²) < 4.78 is 18.8. The zero-order chi connectivity index (χ0) is 12.7. The maximum absolute atomic E-state index is 13.2. The number of fused-ring (bicyclic) bond motifs is 1. The molecule has 0 bridgehead atoms. The predicted octanol–water partition coefficient (Wildman–Crippen LogP) is 4.60. The second-order valence-corrected chi connectivity index (χ2v) is 4.34. The van der Waals surface area contributed by atoms with Gasteiger partial charge in [-0.15, -0.1) is 0 Å². The van der Waals surface area contributed by atoms with Gasteiger partial charge in [-0.1, -0.05) is 23.7 Å². The minimum atomic E-state index is -0.436. The molecule has 0 spiro atoms. The summed E-state index contributed by atoms with van der Waals surface area (Å²) >= 11 is 6.00. The van der Waals surface area contributed by atoms with E-state index in [4.69, 9.17) is 16.0 Å². The van der Waals surface area contributed by atoms with Crippen LogP contribution in [0.3, 0.4) is 0 Å². The van der Waals surface area contributed by atoms with Crippen molar-refractivity contribution in [3.05, 3.63) is 53.3 Å². The van der Waals surface area contributed by atoms with Crippen LogP contribution in [-0.2, 0) is 0 Å². The molecule has 0 aliphatic rings. The van der Waals surface area contributed by atoms with E-state index >= 15 is 0 Å². The van der Waals surface area contributed by atoms with Gasteiger partial charge >= 0.3 is 0 Å². The van der Waals surface area contributed by atoms with E-state index in [9.17, 15) is 9.50 Å². The molecule has 0 amide bonds. The van der Waals surface area contributed by atoms with E-state index in [2.05, 4.69) is 0 Å². The monoisotopic (exact) mass is 262 g/mol. The molecule has 2 nitrogen and oxygen atoms in total. The molecule has 0 unspecified atom stereocenters. The van der Waals surface area contributed by atoms with Gasteiger partial charge in [0.2, 0.25) is 0 Å². The van der Waals surface area contributed by atoms with Gasteiger partial charge in [0.05, 0.1) is 10.6 Å². The van der Waals surface area contributed by atoms with Crippen LogP contribution in [0.25, 0.3) is 22.3 Å². The van der Waals surface area contributed by atoms with E-state index in [0.29, 0.717) is 21.9 Å². The predicted molar refractivity (Wildman–Crippen MR) is 68.3 cm³/mol. The third kappa shape index (κ3) is 1.73. The van der Waals surface area contributed by atoms with E-state index in [1.165, 1.54) is 18.2 Å². The van der Waals surface area contributed by atoms with Crippen LogP contribution in [0.2, 0.25) is 5.02 Å². The normalized spacial score (nSPS) is 11.0. The van der Waals surface area contributed by atoms with E-state index in [1.807, 2.05) is 6.07 Å². The molecule has 0 aliphatic heterocycles. The van der Waals surface area contributed by atoms with Crippen LogP contribution in [-0.4, -0.2) is 5.11 Å². The lowest BCUT2D eigenvalue weighted by atomic mass is 10.1. The lowest BCUT2D eigenvalue weighted by molar-refractivity contribution is 0.472. The summed E-state index contributed by atoms with van der Waals surface area (Å²) in [4.78, 5) is 0. The Hall–Kier alpha value is -2.00. The average Bonchev–Trinajstić information content (AvgIpc) is 2.77. The highest BCUT2D eigenvalue weighted by atomic mass is 35.5. The Bertz CT molecular complexity index is 734. The van der Waals surface area contributed by atoms with Crippen LogP contribution in [0.5, 0.6) is 5.75 Å². The van der Waals surface area contributed by atoms with E-state index < -0.39 is 5.82 Å². The molecule has 1 N–H and O–H groups in total. The molecular weight excluding hydrogens is 255 g/mol. The van der Waals surface area contributed by atoms with Gasteiger partial charge in [0.1, 0.15) is 17.3 Å². The fourth-order valence-electron chi connectivity index (χ4n) is 1.87. The molecule has 0 fully saturated rings. The minimum absolute atomic E-state index is 0.0356. The van der Waals surface area contributed by atoms with Crippen LogP contribution in [0.4, 0.5) is 4.39 Å². The van der Waals surface area contributed by atoms with Gasteiger partial charge in [-0.25, -0.2) is 4.39 Å². The molecule has 2 aromatic carbocycles. The molecule has 0 radical (unpaired) electrons. The highest BCUT2D eigenvalue weighted by Gasteiger charge is 2.12. The van der Waals surface area contributed by atoms with Crippen molar-refractivity contribution in [1.82, 2.24) is 0 Å². The standard InChI is InChI=1S/C14H8ClFO2/c15-11-3-1-2-8-6-13(18-14(8)11)10-7-9(16)4-5-12(10)17/h1-7,17H. The second kappa shape index (κ2) is 4.03. The lowest BCUT2D eigenvalue weighted by Gasteiger charge is -2.00. The summed E-state index contributed by atoms with van der Waals surface area (Å²) in [6, 6.07) is 10.8. The number of phenolic OH excluding ortho intramolecular Hbond substituents is 1. The van der Waals surface area contributed by atoms with E-state index in [1.54, 1.807) is 18.2 Å². The van der Waals surface area contributed by atoms with Gasteiger partial charge in [-0.2, -0.15) is 0 Å². The summed E-state index contributed by atoms with van der Waals surface area (Å²) in [6.45, 7) is 0. The second-order valence-electron chi connectivity index (χ2n) is 3.93. The quantitative estimate of drug-likeness (QED) is 0.695. The van der Waals surface area contributed by atoms with Crippen LogP contribution >= 0.6 is 11.6 Å². The number of furan rings is 1. The van der Waals surface area contributed by atoms with Crippen molar-refractivity contribution in [1.29, 1.82) is 0 Å². The zero-order valence-corrected chi connectivity index (χ0v) is 9.91. The Kier molecular flexibility index (Phi) is 2.49. The van der Waals surface area contributed by atoms with Crippen molar-refractivity contribution in [3.63, 3.8) is 0 Å². The number of hydrogen-bond donors (Lipinski definition) is 1. The molecule has 1 heterocycles. The number of para-hydroxylation sites is 1. The van der Waals surface area contributed by atoms with Crippen LogP contribution in [0.15, 0.2) is 46.9 Å². The highest BCUT2D eigenvalue weighted by molar-refractivity contribution is 6.34. The SMILES string of the molecule is Oc1ccc(F)cc1-c1cc2cccc(Cl)c2o1. The number of halogens is 2.